The summed E-state index contributed by atoms with van der Waals surface area (Å²) in [5.41, 5.74) is 3.80. The molecule has 0 saturated carbocycles. The molecular weight excluding hydrogens is 250 g/mol. The largest absolute Gasteiger partial charge is 0.325 e. The second-order valence-electron chi connectivity index (χ2n) is 4.88. The summed E-state index contributed by atoms with van der Waals surface area (Å²) in [6.45, 7) is 4.07. The molecule has 0 aliphatic carbocycles. The molecule has 0 amide bonds. The van der Waals surface area contributed by atoms with Crippen LogP contribution in [0.5, 0.6) is 0 Å². The van der Waals surface area contributed by atoms with Crippen molar-refractivity contribution in [1.29, 1.82) is 0 Å². The fraction of sp³-hybridized carbons (Fsp3) is 0.125. The monoisotopic (exact) mass is 265 g/mol. The first kappa shape index (κ1) is 12.4. The van der Waals surface area contributed by atoms with E-state index in [1.807, 2.05) is 44.2 Å². The van der Waals surface area contributed by atoms with E-state index in [1.54, 1.807) is 6.07 Å². The van der Waals surface area contributed by atoms with Crippen molar-refractivity contribution < 1.29 is 0 Å². The molecule has 0 atom stereocenters. The summed E-state index contributed by atoms with van der Waals surface area (Å²) in [5, 5.41) is 3.76. The van der Waals surface area contributed by atoms with Crippen LogP contribution in [-0.2, 0) is 0 Å². The molecule has 0 aliphatic rings. The highest BCUT2D eigenvalue weighted by Crippen LogP contribution is 2.19. The first-order valence-electron chi connectivity index (χ1n) is 6.47. The molecule has 4 nitrogen and oxygen atoms in total. The third-order valence-corrected chi connectivity index (χ3v) is 3.25. The maximum absolute atomic E-state index is 12.0. The molecule has 1 aromatic heterocycles. The normalized spacial score (nSPS) is 10.7. The van der Waals surface area contributed by atoms with Crippen molar-refractivity contribution in [3.05, 3.63) is 63.9 Å². The Bertz CT molecular complexity index is 836. The number of nitrogens with zero attached hydrogens (tertiary/aromatic N) is 1. The molecule has 0 saturated heterocycles. The van der Waals surface area contributed by atoms with Gasteiger partial charge in [-0.3, -0.25) is 9.78 Å². The molecule has 0 bridgehead atoms. The number of fused-ring (bicyclic) bond motifs is 1. The number of aromatic amines is 1. The number of nitrogens with one attached hydrogen (secondary N) is 2. The number of aryl methyl sites for hydroxylation is 2. The number of hydrogen-bond acceptors (Lipinski definition) is 3. The maximum Gasteiger partial charge on any atom is 0.260 e. The average Bonchev–Trinajstić information content (AvgIpc) is 2.42. The molecule has 0 unspecified atom stereocenters. The van der Waals surface area contributed by atoms with Gasteiger partial charge in [0.25, 0.3) is 5.56 Å². The second kappa shape index (κ2) is 4.81. The molecule has 3 rings (SSSR count). The van der Waals surface area contributed by atoms with Crippen LogP contribution in [0.3, 0.4) is 0 Å². The van der Waals surface area contributed by atoms with Gasteiger partial charge in [0.15, 0.2) is 0 Å². The van der Waals surface area contributed by atoms with Crippen molar-refractivity contribution in [2.45, 2.75) is 13.8 Å². The van der Waals surface area contributed by atoms with Gasteiger partial charge in [-0.1, -0.05) is 29.8 Å². The molecule has 0 fully saturated rings. The highest BCUT2D eigenvalue weighted by molar-refractivity contribution is 5.78. The molecule has 0 aliphatic heterocycles. The van der Waals surface area contributed by atoms with Gasteiger partial charge in [-0.05, 0) is 37.6 Å². The van der Waals surface area contributed by atoms with E-state index < -0.39 is 0 Å². The SMILES string of the molecule is Cc1ccc(Nc2nc3ccccc3c(=O)[nH]2)c(C)c1. The third kappa shape index (κ3) is 2.28. The van der Waals surface area contributed by atoms with Gasteiger partial charge in [0.1, 0.15) is 0 Å². The molecule has 2 N–H and O–H groups in total. The summed E-state index contributed by atoms with van der Waals surface area (Å²) in [5.74, 6) is 0.459. The quantitative estimate of drug-likeness (QED) is 0.747. The fourth-order valence-electron chi connectivity index (χ4n) is 2.23. The predicted octanol–water partition coefficient (Wildman–Crippen LogP) is 3.28. The Morgan fingerprint density at radius 3 is 2.70 bits per heavy atom. The Morgan fingerprint density at radius 1 is 1.10 bits per heavy atom. The minimum atomic E-state index is -0.136. The van der Waals surface area contributed by atoms with Crippen LogP contribution in [0, 0.1) is 13.8 Å². The lowest BCUT2D eigenvalue weighted by Gasteiger charge is -2.09. The van der Waals surface area contributed by atoms with Crippen molar-refractivity contribution in [2.24, 2.45) is 0 Å². The molecule has 20 heavy (non-hydrogen) atoms. The number of benzene rings is 2. The van der Waals surface area contributed by atoms with Crippen LogP contribution in [0.4, 0.5) is 11.6 Å². The molecular formula is C16H15N3O. The van der Waals surface area contributed by atoms with Crippen molar-refractivity contribution in [3.63, 3.8) is 0 Å². The van der Waals surface area contributed by atoms with E-state index in [9.17, 15) is 4.79 Å². The Balaban J connectivity index is 2.05. The van der Waals surface area contributed by atoms with E-state index in [2.05, 4.69) is 21.4 Å². The fourth-order valence-corrected chi connectivity index (χ4v) is 2.23. The summed E-state index contributed by atoms with van der Waals surface area (Å²) in [6, 6.07) is 13.4. The minimum absolute atomic E-state index is 0.136. The van der Waals surface area contributed by atoms with Gasteiger partial charge >= 0.3 is 0 Å². The number of rotatable bonds is 2. The zero-order chi connectivity index (χ0) is 14.1. The number of anilines is 2. The summed E-state index contributed by atoms with van der Waals surface area (Å²) in [6.07, 6.45) is 0. The van der Waals surface area contributed by atoms with Crippen LogP contribution in [0.15, 0.2) is 47.3 Å². The second-order valence-corrected chi connectivity index (χ2v) is 4.88. The molecule has 100 valence electrons. The van der Waals surface area contributed by atoms with Crippen molar-refractivity contribution >= 4 is 22.5 Å². The van der Waals surface area contributed by atoms with Crippen LogP contribution in [0.1, 0.15) is 11.1 Å². The van der Waals surface area contributed by atoms with Crippen molar-refractivity contribution in [1.82, 2.24) is 9.97 Å². The topological polar surface area (TPSA) is 57.8 Å². The smallest absolute Gasteiger partial charge is 0.260 e. The number of para-hydroxylation sites is 1. The highest BCUT2D eigenvalue weighted by Gasteiger charge is 2.04. The Kier molecular flexibility index (Phi) is 2.99. The van der Waals surface area contributed by atoms with Crippen LogP contribution in [0.25, 0.3) is 10.9 Å². The van der Waals surface area contributed by atoms with Crippen LogP contribution < -0.4 is 10.9 Å². The summed E-state index contributed by atoms with van der Waals surface area (Å²) in [4.78, 5) is 19.2. The third-order valence-electron chi connectivity index (χ3n) is 3.25. The van der Waals surface area contributed by atoms with Gasteiger partial charge in [-0.15, -0.1) is 0 Å². The Morgan fingerprint density at radius 2 is 1.90 bits per heavy atom. The van der Waals surface area contributed by atoms with E-state index >= 15 is 0 Å². The van der Waals surface area contributed by atoms with Gasteiger partial charge in [0.2, 0.25) is 5.95 Å². The van der Waals surface area contributed by atoms with E-state index in [4.69, 9.17) is 0 Å². The average molecular weight is 265 g/mol. The zero-order valence-electron chi connectivity index (χ0n) is 11.4. The highest BCUT2D eigenvalue weighted by atomic mass is 16.1. The molecule has 1 heterocycles. The molecule has 2 aromatic carbocycles. The standard InChI is InChI=1S/C16H15N3O/c1-10-7-8-13(11(2)9-10)17-16-18-14-6-4-3-5-12(14)15(20)19-16/h3-9H,1-2H3,(H2,17,18,19,20). The van der Waals surface area contributed by atoms with Crippen LogP contribution >= 0.6 is 0 Å². The molecule has 3 aromatic rings. The number of H-pyrrole nitrogens is 1. The number of hydrogen-bond donors (Lipinski definition) is 2. The number of aromatic nitrogens is 2. The predicted molar refractivity (Wildman–Crippen MR) is 81.6 cm³/mol. The lowest BCUT2D eigenvalue weighted by Crippen LogP contribution is -2.11. The van der Waals surface area contributed by atoms with Gasteiger partial charge in [-0.2, -0.15) is 0 Å². The van der Waals surface area contributed by atoms with Gasteiger partial charge < -0.3 is 5.32 Å². The molecule has 0 spiro atoms. The summed E-state index contributed by atoms with van der Waals surface area (Å²) >= 11 is 0. The van der Waals surface area contributed by atoms with Crippen molar-refractivity contribution in [2.75, 3.05) is 5.32 Å². The Hall–Kier alpha value is -2.62. The molecule has 0 radical (unpaired) electrons. The van der Waals surface area contributed by atoms with Crippen molar-refractivity contribution in [3.8, 4) is 0 Å². The van der Waals surface area contributed by atoms with E-state index in [0.717, 1.165) is 11.3 Å². The van der Waals surface area contributed by atoms with Gasteiger partial charge in [0, 0.05) is 5.69 Å². The van der Waals surface area contributed by atoms with E-state index in [-0.39, 0.29) is 5.56 Å². The lowest BCUT2D eigenvalue weighted by molar-refractivity contribution is 1.16. The summed E-state index contributed by atoms with van der Waals surface area (Å²) in [7, 11) is 0. The van der Waals surface area contributed by atoms with Crippen LogP contribution in [0.2, 0.25) is 0 Å². The maximum atomic E-state index is 12.0. The summed E-state index contributed by atoms with van der Waals surface area (Å²) < 4.78 is 0. The minimum Gasteiger partial charge on any atom is -0.325 e. The van der Waals surface area contributed by atoms with Gasteiger partial charge in [-0.25, -0.2) is 4.98 Å². The van der Waals surface area contributed by atoms with Gasteiger partial charge in [0.05, 0.1) is 10.9 Å². The Labute approximate surface area is 116 Å². The first-order valence-corrected chi connectivity index (χ1v) is 6.47. The lowest BCUT2D eigenvalue weighted by atomic mass is 10.1. The zero-order valence-corrected chi connectivity index (χ0v) is 11.4. The van der Waals surface area contributed by atoms with E-state index in [1.165, 1.54) is 5.56 Å². The molecule has 4 heteroatoms. The van der Waals surface area contributed by atoms with E-state index in [0.29, 0.717) is 16.9 Å². The van der Waals surface area contributed by atoms with Crippen LogP contribution in [-0.4, -0.2) is 9.97 Å². The first-order chi connectivity index (χ1) is 9.63.